The number of nitrogens with one attached hydrogen (secondary N) is 1. The van der Waals surface area contributed by atoms with Gasteiger partial charge in [0.1, 0.15) is 24.2 Å². The Morgan fingerprint density at radius 1 is 1.21 bits per heavy atom. The maximum Gasteiger partial charge on any atom is 0.326 e. The summed E-state index contributed by atoms with van der Waals surface area (Å²) in [5, 5.41) is 18.8. The van der Waals surface area contributed by atoms with Gasteiger partial charge < -0.3 is 15.0 Å². The van der Waals surface area contributed by atoms with Crippen molar-refractivity contribution in [3.05, 3.63) is 91.1 Å². The topological polar surface area (TPSA) is 117 Å². The number of nitro benzene ring substituents is 1. The lowest BCUT2D eigenvalue weighted by molar-refractivity contribution is -0.384. The third-order valence-corrected chi connectivity index (χ3v) is 7.41. The normalized spacial score (nSPS) is 19.2. The van der Waals surface area contributed by atoms with E-state index in [0.29, 0.717) is 29.5 Å². The zero-order chi connectivity index (χ0) is 27.7. The van der Waals surface area contributed by atoms with E-state index in [1.807, 2.05) is 42.8 Å². The first-order valence-electron chi connectivity index (χ1n) is 12.4. The summed E-state index contributed by atoms with van der Waals surface area (Å²) in [6, 6.07) is 12.0. The van der Waals surface area contributed by atoms with Crippen LogP contribution in [-0.4, -0.2) is 58.2 Å². The summed E-state index contributed by atoms with van der Waals surface area (Å²) in [7, 11) is 0. The van der Waals surface area contributed by atoms with E-state index in [4.69, 9.17) is 21.3 Å². The fourth-order valence-electron chi connectivity index (χ4n) is 4.75. The predicted octanol–water partition coefficient (Wildman–Crippen LogP) is 5.19. The van der Waals surface area contributed by atoms with Gasteiger partial charge in [0, 0.05) is 24.2 Å². The molecule has 2 aromatic carbocycles. The van der Waals surface area contributed by atoms with Gasteiger partial charge >= 0.3 is 6.03 Å². The summed E-state index contributed by atoms with van der Waals surface area (Å²) in [5.74, 6) is 0.310. The Balaban J connectivity index is 1.70. The number of carbonyl (C=O) groups is 2. The minimum atomic E-state index is -0.563. The highest BCUT2D eigenvalue weighted by Gasteiger charge is 2.45. The van der Waals surface area contributed by atoms with E-state index in [1.54, 1.807) is 23.1 Å². The summed E-state index contributed by atoms with van der Waals surface area (Å²) in [6.07, 6.45) is -0.289. The number of piperazine rings is 1. The van der Waals surface area contributed by atoms with E-state index in [0.717, 1.165) is 11.1 Å². The second kappa shape index (κ2) is 11.0. The summed E-state index contributed by atoms with van der Waals surface area (Å²) in [5.41, 5.74) is 2.03. The predicted molar refractivity (Wildman–Crippen MR) is 148 cm³/mol. The Bertz CT molecular complexity index is 1430. The number of carbonyl (C=O) groups excluding carboxylic acids is 2. The van der Waals surface area contributed by atoms with Crippen LogP contribution < -0.4 is 10.1 Å². The molecule has 3 aromatic rings. The standard InChI is InChI=1S/C27H26ClN5O5S/c1-16(2)38-22-13-20(33(36)37)7-8-21(22)26-30-24(18-9-12-39-15-18)25(17-3-5-19(28)6-4-17)32(26)27(35)31-11-10-29-23(34)14-31/h3-9,12-13,15-16,24-25H,10-11,14H2,1-2H3,(H,29,34)/t24-,25+/m0/s1. The molecule has 1 N–H and O–H groups in total. The number of aliphatic imine (C=N–C) groups is 1. The van der Waals surface area contributed by atoms with Crippen LogP contribution >= 0.6 is 22.9 Å². The highest BCUT2D eigenvalue weighted by atomic mass is 35.5. The molecule has 2 aliphatic rings. The van der Waals surface area contributed by atoms with Crippen molar-refractivity contribution in [1.82, 2.24) is 15.1 Å². The highest BCUT2D eigenvalue weighted by Crippen LogP contribution is 2.46. The van der Waals surface area contributed by atoms with E-state index in [2.05, 4.69) is 5.32 Å². The van der Waals surface area contributed by atoms with Gasteiger partial charge in [-0.2, -0.15) is 11.3 Å². The number of halogens is 1. The van der Waals surface area contributed by atoms with Gasteiger partial charge in [0.05, 0.1) is 28.7 Å². The Morgan fingerprint density at radius 2 is 1.97 bits per heavy atom. The number of hydrogen-bond acceptors (Lipinski definition) is 7. The van der Waals surface area contributed by atoms with Gasteiger partial charge in [0.15, 0.2) is 0 Å². The smallest absolute Gasteiger partial charge is 0.326 e. The van der Waals surface area contributed by atoms with Crippen molar-refractivity contribution in [3.63, 3.8) is 0 Å². The molecule has 1 aromatic heterocycles. The lowest BCUT2D eigenvalue weighted by Gasteiger charge is -2.35. The number of benzene rings is 2. The summed E-state index contributed by atoms with van der Waals surface area (Å²) in [6.45, 7) is 4.22. The van der Waals surface area contributed by atoms with Crippen LogP contribution in [0.5, 0.6) is 5.75 Å². The van der Waals surface area contributed by atoms with Crippen LogP contribution in [0.15, 0.2) is 64.3 Å². The van der Waals surface area contributed by atoms with Crippen LogP contribution in [0.4, 0.5) is 10.5 Å². The summed E-state index contributed by atoms with van der Waals surface area (Å²) < 4.78 is 6.01. The molecule has 0 saturated carbocycles. The highest BCUT2D eigenvalue weighted by molar-refractivity contribution is 7.08. The number of nitrogens with zero attached hydrogens (tertiary/aromatic N) is 4. The van der Waals surface area contributed by atoms with E-state index in [9.17, 15) is 19.7 Å². The zero-order valence-corrected chi connectivity index (χ0v) is 22.8. The minimum absolute atomic E-state index is 0.0886. The molecule has 2 aliphatic heterocycles. The first-order valence-corrected chi connectivity index (χ1v) is 13.7. The van der Waals surface area contributed by atoms with Crippen molar-refractivity contribution in [2.75, 3.05) is 19.6 Å². The average molecular weight is 568 g/mol. The number of thiophene rings is 1. The maximum atomic E-state index is 14.2. The monoisotopic (exact) mass is 567 g/mol. The Hall–Kier alpha value is -3.96. The SMILES string of the molecule is CC(C)Oc1cc([N+](=O)[O-])ccc1C1=N[C@@H](c2ccsc2)[C@@H](c2ccc(Cl)cc2)N1C(=O)N1CCNC(=O)C1. The summed E-state index contributed by atoms with van der Waals surface area (Å²) >= 11 is 7.71. The molecule has 0 spiro atoms. The van der Waals surface area contributed by atoms with Crippen molar-refractivity contribution in [3.8, 4) is 5.75 Å². The van der Waals surface area contributed by atoms with Crippen molar-refractivity contribution in [1.29, 1.82) is 0 Å². The first-order chi connectivity index (χ1) is 18.7. The third-order valence-electron chi connectivity index (χ3n) is 6.46. The number of hydrogen-bond donors (Lipinski definition) is 1. The lowest BCUT2D eigenvalue weighted by atomic mass is 9.95. The van der Waals surface area contributed by atoms with Crippen molar-refractivity contribution < 1.29 is 19.2 Å². The molecule has 0 aliphatic carbocycles. The van der Waals surface area contributed by atoms with E-state index in [-0.39, 0.29) is 30.0 Å². The summed E-state index contributed by atoms with van der Waals surface area (Å²) in [4.78, 5) is 45.6. The van der Waals surface area contributed by atoms with Crippen LogP contribution in [0.2, 0.25) is 5.02 Å². The quantitative estimate of drug-likeness (QED) is 0.325. The molecule has 0 radical (unpaired) electrons. The van der Waals surface area contributed by atoms with Crippen LogP contribution in [0.25, 0.3) is 0 Å². The van der Waals surface area contributed by atoms with Crippen molar-refractivity contribution in [2.45, 2.75) is 32.0 Å². The van der Waals surface area contributed by atoms with Gasteiger partial charge in [-0.3, -0.25) is 24.8 Å². The van der Waals surface area contributed by atoms with Gasteiger partial charge in [-0.25, -0.2) is 4.79 Å². The third kappa shape index (κ3) is 5.45. The fraction of sp³-hybridized carbons (Fsp3) is 0.296. The number of non-ortho nitro benzene ring substituents is 1. The lowest BCUT2D eigenvalue weighted by Crippen LogP contribution is -2.55. The Kier molecular flexibility index (Phi) is 7.53. The minimum Gasteiger partial charge on any atom is -0.490 e. The number of urea groups is 1. The zero-order valence-electron chi connectivity index (χ0n) is 21.2. The molecule has 39 heavy (non-hydrogen) atoms. The fourth-order valence-corrected chi connectivity index (χ4v) is 5.57. The molecule has 0 bridgehead atoms. The van der Waals surface area contributed by atoms with Crippen molar-refractivity contribution >= 4 is 46.4 Å². The van der Waals surface area contributed by atoms with E-state index in [1.165, 1.54) is 28.4 Å². The average Bonchev–Trinajstić information content (AvgIpc) is 3.57. The number of nitro groups is 1. The molecular formula is C27H26ClN5O5S. The molecular weight excluding hydrogens is 542 g/mol. The van der Waals surface area contributed by atoms with Gasteiger partial charge in [0.25, 0.3) is 5.69 Å². The number of ether oxygens (including phenoxy) is 1. The largest absolute Gasteiger partial charge is 0.490 e. The molecule has 2 atom stereocenters. The van der Waals surface area contributed by atoms with Gasteiger partial charge in [0.2, 0.25) is 5.91 Å². The van der Waals surface area contributed by atoms with E-state index >= 15 is 0 Å². The van der Waals surface area contributed by atoms with Gasteiger partial charge in [-0.05, 0) is 60.0 Å². The Labute approximate surface area is 234 Å². The van der Waals surface area contributed by atoms with Gasteiger partial charge in [-0.15, -0.1) is 0 Å². The van der Waals surface area contributed by atoms with Crippen LogP contribution in [0.1, 0.15) is 42.6 Å². The molecule has 3 heterocycles. The molecule has 5 rings (SSSR count). The molecule has 0 unspecified atom stereocenters. The maximum absolute atomic E-state index is 14.2. The molecule has 202 valence electrons. The van der Waals surface area contributed by atoms with Crippen LogP contribution in [0, 0.1) is 10.1 Å². The number of rotatable bonds is 6. The molecule has 10 nitrogen and oxygen atoms in total. The van der Waals surface area contributed by atoms with Crippen LogP contribution in [-0.2, 0) is 4.79 Å². The molecule has 1 saturated heterocycles. The second-order valence-corrected chi connectivity index (χ2v) is 10.7. The Morgan fingerprint density at radius 3 is 2.62 bits per heavy atom. The van der Waals surface area contributed by atoms with Crippen LogP contribution in [0.3, 0.4) is 0 Å². The number of amidine groups is 1. The number of amides is 3. The van der Waals surface area contributed by atoms with Crippen molar-refractivity contribution in [2.24, 2.45) is 4.99 Å². The molecule has 1 fully saturated rings. The molecule has 3 amide bonds. The van der Waals surface area contributed by atoms with Gasteiger partial charge in [-0.1, -0.05) is 23.7 Å². The second-order valence-electron chi connectivity index (χ2n) is 9.48. The first kappa shape index (κ1) is 26.6. The molecule has 12 heteroatoms. The van der Waals surface area contributed by atoms with E-state index < -0.39 is 23.0 Å².